The fourth-order valence-corrected chi connectivity index (χ4v) is 6.31. The maximum atomic E-state index is 12.9. The lowest BCUT2D eigenvalue weighted by Crippen LogP contribution is -2.69. The highest BCUT2D eigenvalue weighted by Gasteiger charge is 2.56. The molecule has 3 rings (SSSR count). The number of phosphoric ester groups is 1. The topological polar surface area (TPSA) is 331 Å². The van der Waals surface area contributed by atoms with Crippen LogP contribution in [0.15, 0.2) is 0 Å². The van der Waals surface area contributed by atoms with Gasteiger partial charge in [-0.3, -0.25) is 18.6 Å². The lowest BCUT2D eigenvalue weighted by Gasteiger charge is -2.50. The molecule has 50 heavy (non-hydrogen) atoms. The number of hydrogen-bond donors (Lipinski definition) is 9. The third kappa shape index (κ3) is 10.9. The number of hydrogen-bond acceptors (Lipinski definition) is 20. The molecule has 3 aliphatic heterocycles. The third-order valence-electron chi connectivity index (χ3n) is 7.91. The Morgan fingerprint density at radius 2 is 1.50 bits per heavy atom. The van der Waals surface area contributed by atoms with Gasteiger partial charge in [0.1, 0.15) is 73.7 Å². The van der Waals surface area contributed by atoms with E-state index < -0.39 is 138 Å². The maximum absolute atomic E-state index is 12.9. The van der Waals surface area contributed by atoms with E-state index in [2.05, 4.69) is 5.32 Å². The van der Waals surface area contributed by atoms with Crippen LogP contribution in [0.2, 0.25) is 0 Å². The van der Waals surface area contributed by atoms with Gasteiger partial charge in [-0.15, -0.1) is 0 Å². The summed E-state index contributed by atoms with van der Waals surface area (Å²) in [7, 11) is -5.02. The molecule has 0 aromatic heterocycles. The number of nitrogens with one attached hydrogen (secondary N) is 1. The molecule has 10 N–H and O–H groups in total. The SMILES string of the molecule is CC(=O)N[C@H]1[C@H](O[C@H]2[C@H](OC(C=O)CO)O[C@@H](C)[C@H](O)[C@H]2OP(=O)(O)OCCN)O[C@H](COC(C)=O)[C@@H](O)[C@@H]1O[C@@H]1O[C@@H](C)[C@H](O)[C@@H](O)[C@H]1O. The van der Waals surface area contributed by atoms with Gasteiger partial charge in [0.25, 0.3) is 0 Å². The van der Waals surface area contributed by atoms with Gasteiger partial charge >= 0.3 is 13.8 Å². The number of carbonyl (C=O) groups is 3. The average molecular weight is 751 g/mol. The number of esters is 1. The number of amides is 1. The number of aldehydes is 1. The summed E-state index contributed by atoms with van der Waals surface area (Å²) in [5.74, 6) is -1.55. The number of aliphatic hydroxyl groups excluding tert-OH is 6. The van der Waals surface area contributed by atoms with Gasteiger partial charge in [-0.2, -0.15) is 0 Å². The zero-order chi connectivity index (χ0) is 37.5. The predicted molar refractivity (Wildman–Crippen MR) is 159 cm³/mol. The van der Waals surface area contributed by atoms with Gasteiger partial charge in [0.05, 0.1) is 25.4 Å². The van der Waals surface area contributed by atoms with Crippen molar-refractivity contribution < 1.29 is 96.7 Å². The van der Waals surface area contributed by atoms with Crippen molar-refractivity contribution in [2.75, 3.05) is 26.4 Å². The largest absolute Gasteiger partial charge is 0.472 e. The Bertz CT molecular complexity index is 1170. The Morgan fingerprint density at radius 1 is 0.880 bits per heavy atom. The molecule has 3 heterocycles. The quantitative estimate of drug-likeness (QED) is 0.0405. The van der Waals surface area contributed by atoms with Crippen LogP contribution >= 0.6 is 7.82 Å². The van der Waals surface area contributed by atoms with Gasteiger partial charge in [0, 0.05) is 20.4 Å². The first-order valence-electron chi connectivity index (χ1n) is 15.6. The molecular weight excluding hydrogens is 703 g/mol. The minimum Gasteiger partial charge on any atom is -0.463 e. The first-order valence-corrected chi connectivity index (χ1v) is 17.1. The Labute approximate surface area is 286 Å². The molecule has 2 unspecified atom stereocenters. The Morgan fingerprint density at radius 3 is 2.08 bits per heavy atom. The number of rotatable bonds is 16. The van der Waals surface area contributed by atoms with Crippen molar-refractivity contribution in [3.63, 3.8) is 0 Å². The summed E-state index contributed by atoms with van der Waals surface area (Å²) >= 11 is 0. The van der Waals surface area contributed by atoms with Crippen LogP contribution in [0.1, 0.15) is 27.7 Å². The number of carbonyl (C=O) groups excluding carboxylic acids is 3. The first kappa shape index (κ1) is 42.6. The van der Waals surface area contributed by atoms with Crippen LogP contribution in [0.3, 0.4) is 0 Å². The smallest absolute Gasteiger partial charge is 0.463 e. The van der Waals surface area contributed by atoms with Crippen LogP contribution in [0.4, 0.5) is 0 Å². The van der Waals surface area contributed by atoms with Crippen LogP contribution in [0, 0.1) is 0 Å². The average Bonchev–Trinajstić information content (AvgIpc) is 3.05. The summed E-state index contributed by atoms with van der Waals surface area (Å²) in [5, 5.41) is 65.7. The van der Waals surface area contributed by atoms with E-state index in [0.717, 1.165) is 13.8 Å². The van der Waals surface area contributed by atoms with E-state index in [0.29, 0.717) is 0 Å². The highest BCUT2D eigenvalue weighted by molar-refractivity contribution is 7.47. The standard InChI is InChI=1S/C27H47N2O20P/c1-10-17(34)20(37)21(38)26(43-10)47-22-16(29-12(3)32)25(46-15(19(22)36)9-41-13(4)33)48-24-23(49-50(39,40)42-6-5-28)18(35)11(2)44-27(24)45-14(7-30)8-31/h7,10-11,14-27,31,34-38H,5-6,8-9,28H2,1-4H3,(H,29,32)(H,39,40)/t10-,11-,14?,15+,16+,17-,18-,19+,20+,21+,22+,23+,24+,25-,26-,27-/m0/s1. The zero-order valence-electron chi connectivity index (χ0n) is 27.6. The van der Waals surface area contributed by atoms with Crippen LogP contribution in [-0.2, 0) is 61.2 Å². The molecule has 3 fully saturated rings. The molecule has 0 aromatic carbocycles. The Kier molecular flexibility index (Phi) is 16.0. The third-order valence-corrected chi connectivity index (χ3v) is 8.93. The minimum atomic E-state index is -5.02. The van der Waals surface area contributed by atoms with Gasteiger partial charge in [-0.05, 0) is 13.8 Å². The number of aliphatic hydroxyl groups is 6. The highest BCUT2D eigenvalue weighted by atomic mass is 31.2. The summed E-state index contributed by atoms with van der Waals surface area (Å²) in [6.45, 7) is 2.67. The molecule has 0 aromatic rings. The van der Waals surface area contributed by atoms with Gasteiger partial charge in [0.2, 0.25) is 5.91 Å². The van der Waals surface area contributed by atoms with E-state index in [1.54, 1.807) is 0 Å². The van der Waals surface area contributed by atoms with Crippen molar-refractivity contribution in [1.29, 1.82) is 0 Å². The van der Waals surface area contributed by atoms with E-state index >= 15 is 0 Å². The van der Waals surface area contributed by atoms with Gasteiger partial charge in [-0.25, -0.2) is 4.57 Å². The van der Waals surface area contributed by atoms with Crippen LogP contribution < -0.4 is 11.1 Å². The minimum absolute atomic E-state index is 0.195. The number of phosphoric acid groups is 1. The molecule has 0 bridgehead atoms. The predicted octanol–water partition coefficient (Wildman–Crippen LogP) is -5.12. The van der Waals surface area contributed by atoms with Gasteiger partial charge in [0.15, 0.2) is 25.2 Å². The van der Waals surface area contributed by atoms with E-state index in [4.69, 9.17) is 47.9 Å². The zero-order valence-corrected chi connectivity index (χ0v) is 28.5. The molecule has 0 radical (unpaired) electrons. The second-order valence-corrected chi connectivity index (χ2v) is 13.2. The van der Waals surface area contributed by atoms with Gasteiger partial charge in [-0.1, -0.05) is 0 Å². The summed E-state index contributed by atoms with van der Waals surface area (Å²) < 4.78 is 62.6. The molecule has 23 heteroatoms. The van der Waals surface area contributed by atoms with Crippen molar-refractivity contribution in [1.82, 2.24) is 5.32 Å². The Hall–Kier alpha value is -1.80. The van der Waals surface area contributed by atoms with Crippen molar-refractivity contribution >= 4 is 26.0 Å². The molecule has 17 atom stereocenters. The normalized spacial score (nSPS) is 41.1. The molecule has 0 aliphatic carbocycles. The monoisotopic (exact) mass is 750 g/mol. The van der Waals surface area contributed by atoms with E-state index in [9.17, 15) is 54.5 Å². The number of ether oxygens (including phenoxy) is 7. The second kappa shape index (κ2) is 18.8. The highest BCUT2D eigenvalue weighted by Crippen LogP contribution is 2.47. The summed E-state index contributed by atoms with van der Waals surface area (Å²) in [4.78, 5) is 46.2. The fraction of sp³-hybridized carbons (Fsp3) is 0.889. The molecule has 3 aliphatic rings. The van der Waals surface area contributed by atoms with Crippen molar-refractivity contribution in [3.05, 3.63) is 0 Å². The van der Waals surface area contributed by atoms with E-state index in [1.807, 2.05) is 0 Å². The van der Waals surface area contributed by atoms with Crippen molar-refractivity contribution in [3.8, 4) is 0 Å². The molecule has 0 spiro atoms. The summed E-state index contributed by atoms with van der Waals surface area (Å²) in [6.07, 6.45) is -24.8. The molecule has 22 nitrogen and oxygen atoms in total. The van der Waals surface area contributed by atoms with Crippen LogP contribution in [0.5, 0.6) is 0 Å². The van der Waals surface area contributed by atoms with E-state index in [-0.39, 0.29) is 12.8 Å². The maximum Gasteiger partial charge on any atom is 0.472 e. The first-order chi connectivity index (χ1) is 23.4. The van der Waals surface area contributed by atoms with Crippen LogP contribution in [-0.4, -0.2) is 178 Å². The summed E-state index contributed by atoms with van der Waals surface area (Å²) in [5.41, 5.74) is 5.36. The molecule has 290 valence electrons. The molecule has 3 saturated heterocycles. The molecule has 0 saturated carbocycles. The lowest BCUT2D eigenvalue weighted by molar-refractivity contribution is -0.369. The fourth-order valence-electron chi connectivity index (χ4n) is 5.36. The lowest BCUT2D eigenvalue weighted by atomic mass is 9.94. The summed E-state index contributed by atoms with van der Waals surface area (Å²) in [6, 6.07) is -1.61. The van der Waals surface area contributed by atoms with Gasteiger partial charge < -0.3 is 84.5 Å². The van der Waals surface area contributed by atoms with Crippen LogP contribution in [0.25, 0.3) is 0 Å². The van der Waals surface area contributed by atoms with E-state index in [1.165, 1.54) is 13.8 Å². The van der Waals surface area contributed by atoms with Crippen molar-refractivity contribution in [2.45, 2.75) is 126 Å². The number of nitrogens with two attached hydrogens (primary N) is 1. The molecule has 1 amide bonds. The van der Waals surface area contributed by atoms with Crippen molar-refractivity contribution in [2.24, 2.45) is 5.73 Å². The second-order valence-electron chi connectivity index (χ2n) is 11.8. The molecular formula is C27H47N2O20P. The Balaban J connectivity index is 2.09.